The van der Waals surface area contributed by atoms with Crippen LogP contribution >= 0.6 is 11.3 Å². The predicted octanol–water partition coefficient (Wildman–Crippen LogP) is 1.61. The molecule has 0 radical (unpaired) electrons. The lowest BCUT2D eigenvalue weighted by Crippen LogP contribution is -2.34. The number of hydrogen-bond donors (Lipinski definition) is 1. The summed E-state index contributed by atoms with van der Waals surface area (Å²) in [4.78, 5) is 13.8. The maximum Gasteiger partial charge on any atom is 0.284 e. The van der Waals surface area contributed by atoms with Gasteiger partial charge in [-0.2, -0.15) is 0 Å². The average molecular weight is 284 g/mol. The third-order valence-electron chi connectivity index (χ3n) is 2.98. The standard InChI is InChI=1S/C12H20N4O2S/c1-3-6-13-12-15-14-10(19-12)11(17)16(2)8-9-5-4-7-18-9/h9H,3-8H2,1-2H3,(H,13,15). The van der Waals surface area contributed by atoms with Gasteiger partial charge in [0.1, 0.15) is 0 Å². The van der Waals surface area contributed by atoms with Crippen LogP contribution in [0.3, 0.4) is 0 Å². The van der Waals surface area contributed by atoms with Gasteiger partial charge < -0.3 is 15.0 Å². The minimum atomic E-state index is -0.0856. The van der Waals surface area contributed by atoms with E-state index in [0.29, 0.717) is 16.7 Å². The number of aromatic nitrogens is 2. The molecular weight excluding hydrogens is 264 g/mol. The summed E-state index contributed by atoms with van der Waals surface area (Å²) in [5, 5.41) is 12.2. The highest BCUT2D eigenvalue weighted by Gasteiger charge is 2.23. The number of nitrogens with zero attached hydrogens (tertiary/aromatic N) is 3. The van der Waals surface area contributed by atoms with Crippen LogP contribution in [0, 0.1) is 0 Å². The van der Waals surface area contributed by atoms with Crippen molar-refractivity contribution in [3.8, 4) is 0 Å². The van der Waals surface area contributed by atoms with E-state index in [1.54, 1.807) is 11.9 Å². The fourth-order valence-corrected chi connectivity index (χ4v) is 2.72. The Labute approximate surface area is 117 Å². The van der Waals surface area contributed by atoms with Crippen LogP contribution in [-0.2, 0) is 4.74 Å². The minimum Gasteiger partial charge on any atom is -0.376 e. The van der Waals surface area contributed by atoms with E-state index < -0.39 is 0 Å². The molecule has 2 heterocycles. The lowest BCUT2D eigenvalue weighted by atomic mass is 10.2. The van der Waals surface area contributed by atoms with Crippen LogP contribution in [0.1, 0.15) is 36.0 Å². The van der Waals surface area contributed by atoms with Crippen molar-refractivity contribution < 1.29 is 9.53 Å². The number of nitrogens with one attached hydrogen (secondary N) is 1. The number of rotatable bonds is 6. The molecule has 1 N–H and O–H groups in total. The van der Waals surface area contributed by atoms with E-state index in [1.807, 2.05) is 0 Å². The Morgan fingerprint density at radius 3 is 3.11 bits per heavy atom. The average Bonchev–Trinajstić information content (AvgIpc) is 3.06. The quantitative estimate of drug-likeness (QED) is 0.859. The Bertz CT molecular complexity index is 418. The fourth-order valence-electron chi connectivity index (χ4n) is 1.95. The number of anilines is 1. The van der Waals surface area contributed by atoms with Crippen LogP contribution in [0.2, 0.25) is 0 Å². The van der Waals surface area contributed by atoms with E-state index in [2.05, 4.69) is 22.4 Å². The molecule has 0 aliphatic carbocycles. The topological polar surface area (TPSA) is 67.4 Å². The molecule has 1 aliphatic heterocycles. The van der Waals surface area contributed by atoms with Crippen molar-refractivity contribution in [3.63, 3.8) is 0 Å². The molecule has 7 heteroatoms. The highest BCUT2D eigenvalue weighted by Crippen LogP contribution is 2.18. The van der Waals surface area contributed by atoms with Crippen LogP contribution in [0.15, 0.2) is 0 Å². The second kappa shape index (κ2) is 6.81. The molecule has 1 aromatic rings. The number of amides is 1. The van der Waals surface area contributed by atoms with Crippen LogP contribution in [-0.4, -0.2) is 53.9 Å². The number of ether oxygens (including phenoxy) is 1. The normalized spacial score (nSPS) is 18.5. The third-order valence-corrected chi connectivity index (χ3v) is 3.85. The zero-order valence-electron chi connectivity index (χ0n) is 11.4. The Morgan fingerprint density at radius 1 is 1.58 bits per heavy atom. The van der Waals surface area contributed by atoms with Gasteiger partial charge in [0.2, 0.25) is 10.1 Å². The van der Waals surface area contributed by atoms with Gasteiger partial charge in [-0.25, -0.2) is 0 Å². The van der Waals surface area contributed by atoms with Crippen LogP contribution < -0.4 is 5.32 Å². The summed E-state index contributed by atoms with van der Waals surface area (Å²) in [5.74, 6) is -0.0856. The van der Waals surface area contributed by atoms with E-state index in [4.69, 9.17) is 4.74 Å². The smallest absolute Gasteiger partial charge is 0.284 e. The molecule has 1 unspecified atom stereocenters. The lowest BCUT2D eigenvalue weighted by Gasteiger charge is -2.19. The monoisotopic (exact) mass is 284 g/mol. The molecule has 1 aliphatic rings. The Balaban J connectivity index is 1.88. The van der Waals surface area contributed by atoms with E-state index in [1.165, 1.54) is 11.3 Å². The summed E-state index contributed by atoms with van der Waals surface area (Å²) >= 11 is 1.30. The maximum atomic E-state index is 12.2. The first kappa shape index (κ1) is 14.2. The first-order chi connectivity index (χ1) is 9.20. The molecule has 19 heavy (non-hydrogen) atoms. The van der Waals surface area contributed by atoms with E-state index >= 15 is 0 Å². The zero-order valence-corrected chi connectivity index (χ0v) is 12.2. The maximum absolute atomic E-state index is 12.2. The Hall–Kier alpha value is -1.21. The van der Waals surface area contributed by atoms with Crippen molar-refractivity contribution in [2.75, 3.05) is 32.1 Å². The van der Waals surface area contributed by atoms with Gasteiger partial charge in [0.05, 0.1) is 6.10 Å². The second-order valence-electron chi connectivity index (χ2n) is 4.66. The molecule has 0 spiro atoms. The zero-order chi connectivity index (χ0) is 13.7. The summed E-state index contributed by atoms with van der Waals surface area (Å²) in [6.45, 7) is 4.34. The van der Waals surface area contributed by atoms with Crippen molar-refractivity contribution in [1.82, 2.24) is 15.1 Å². The second-order valence-corrected chi connectivity index (χ2v) is 5.64. The van der Waals surface area contributed by atoms with E-state index in [0.717, 1.165) is 32.4 Å². The number of carbonyl (C=O) groups excluding carboxylic acids is 1. The van der Waals surface area contributed by atoms with Crippen LogP contribution in [0.25, 0.3) is 0 Å². The molecule has 1 saturated heterocycles. The van der Waals surface area contributed by atoms with Gasteiger partial charge in [0.15, 0.2) is 0 Å². The molecule has 1 aromatic heterocycles. The summed E-state index contributed by atoms with van der Waals surface area (Å²) in [5.41, 5.74) is 0. The Morgan fingerprint density at radius 2 is 2.42 bits per heavy atom. The first-order valence-corrected chi connectivity index (χ1v) is 7.46. The van der Waals surface area contributed by atoms with Gasteiger partial charge in [0.25, 0.3) is 5.91 Å². The van der Waals surface area contributed by atoms with Crippen molar-refractivity contribution in [2.45, 2.75) is 32.3 Å². The minimum absolute atomic E-state index is 0.0856. The van der Waals surface area contributed by atoms with Gasteiger partial charge in [-0.3, -0.25) is 4.79 Å². The SMILES string of the molecule is CCCNc1nnc(C(=O)N(C)CC2CCCO2)s1. The molecule has 106 valence electrons. The van der Waals surface area contributed by atoms with Gasteiger partial charge in [-0.1, -0.05) is 18.3 Å². The van der Waals surface area contributed by atoms with E-state index in [-0.39, 0.29) is 12.0 Å². The highest BCUT2D eigenvalue weighted by molar-refractivity contribution is 7.17. The van der Waals surface area contributed by atoms with Crippen LogP contribution in [0.4, 0.5) is 5.13 Å². The summed E-state index contributed by atoms with van der Waals surface area (Å²) < 4.78 is 5.53. The molecule has 0 aromatic carbocycles. The molecule has 1 amide bonds. The number of carbonyl (C=O) groups is 1. The molecule has 2 rings (SSSR count). The van der Waals surface area contributed by atoms with Crippen molar-refractivity contribution in [3.05, 3.63) is 5.01 Å². The lowest BCUT2D eigenvalue weighted by molar-refractivity contribution is 0.0586. The number of hydrogen-bond acceptors (Lipinski definition) is 6. The number of likely N-dealkylation sites (N-methyl/N-ethyl adjacent to an activating group) is 1. The summed E-state index contributed by atoms with van der Waals surface area (Å²) in [7, 11) is 1.78. The molecule has 1 fully saturated rings. The largest absolute Gasteiger partial charge is 0.376 e. The highest BCUT2D eigenvalue weighted by atomic mass is 32.1. The molecule has 6 nitrogen and oxygen atoms in total. The fraction of sp³-hybridized carbons (Fsp3) is 0.750. The molecule has 0 bridgehead atoms. The first-order valence-electron chi connectivity index (χ1n) is 6.65. The van der Waals surface area contributed by atoms with Crippen molar-refractivity contribution in [1.29, 1.82) is 0 Å². The van der Waals surface area contributed by atoms with Crippen LogP contribution in [0.5, 0.6) is 0 Å². The summed E-state index contributed by atoms with van der Waals surface area (Å²) in [6.07, 6.45) is 3.29. The van der Waals surface area contributed by atoms with Gasteiger partial charge in [-0.05, 0) is 19.3 Å². The molecule has 0 saturated carbocycles. The van der Waals surface area contributed by atoms with Gasteiger partial charge in [-0.15, -0.1) is 10.2 Å². The Kier molecular flexibility index (Phi) is 5.09. The van der Waals surface area contributed by atoms with E-state index in [9.17, 15) is 4.79 Å². The van der Waals surface area contributed by atoms with Gasteiger partial charge in [0, 0.05) is 26.7 Å². The van der Waals surface area contributed by atoms with Crippen molar-refractivity contribution in [2.24, 2.45) is 0 Å². The summed E-state index contributed by atoms with van der Waals surface area (Å²) in [6, 6.07) is 0. The third kappa shape index (κ3) is 3.87. The van der Waals surface area contributed by atoms with Crippen molar-refractivity contribution >= 4 is 22.4 Å². The molecular formula is C12H20N4O2S. The molecule has 1 atom stereocenters. The van der Waals surface area contributed by atoms with Gasteiger partial charge >= 0.3 is 0 Å². The predicted molar refractivity (Wildman–Crippen MR) is 74.6 cm³/mol.